The number of ether oxygens (including phenoxy) is 1. The Balaban J connectivity index is 2.08. The lowest BCUT2D eigenvalue weighted by Gasteiger charge is -2.14. The second-order valence-electron chi connectivity index (χ2n) is 3.63. The maximum Gasteiger partial charge on any atom is 0.0495 e. The zero-order valence-electron chi connectivity index (χ0n) is 7.60. The molecule has 0 aromatic carbocycles. The van der Waals surface area contributed by atoms with Crippen LogP contribution in [0.3, 0.4) is 0 Å². The van der Waals surface area contributed by atoms with Gasteiger partial charge in [-0.2, -0.15) is 0 Å². The van der Waals surface area contributed by atoms with Crippen LogP contribution in [0.25, 0.3) is 0 Å². The van der Waals surface area contributed by atoms with Crippen LogP contribution in [0.2, 0.25) is 0 Å². The molecule has 1 saturated heterocycles. The van der Waals surface area contributed by atoms with E-state index in [2.05, 4.69) is 12.2 Å². The Bertz CT molecular complexity index is 99.7. The summed E-state index contributed by atoms with van der Waals surface area (Å²) in [6.45, 7) is 5.41. The van der Waals surface area contributed by atoms with Crippen molar-refractivity contribution < 1.29 is 4.74 Å². The van der Waals surface area contributed by atoms with Gasteiger partial charge in [0.15, 0.2) is 0 Å². The molecule has 1 rings (SSSR count). The van der Waals surface area contributed by atoms with Crippen molar-refractivity contribution in [2.45, 2.75) is 19.8 Å². The van der Waals surface area contributed by atoms with E-state index in [1.165, 1.54) is 12.8 Å². The highest BCUT2D eigenvalue weighted by atomic mass is 16.5. The Morgan fingerprint density at radius 2 is 2.45 bits per heavy atom. The second kappa shape index (κ2) is 4.73. The van der Waals surface area contributed by atoms with Crippen molar-refractivity contribution in [3.05, 3.63) is 0 Å². The van der Waals surface area contributed by atoms with Crippen molar-refractivity contribution in [3.8, 4) is 0 Å². The van der Waals surface area contributed by atoms with Gasteiger partial charge in [0.1, 0.15) is 0 Å². The molecule has 2 nitrogen and oxygen atoms in total. The maximum absolute atomic E-state index is 5.32. The molecule has 2 heteroatoms. The van der Waals surface area contributed by atoms with Crippen molar-refractivity contribution in [2.75, 3.05) is 26.8 Å². The van der Waals surface area contributed by atoms with Gasteiger partial charge >= 0.3 is 0 Å². The van der Waals surface area contributed by atoms with Crippen LogP contribution in [0, 0.1) is 11.8 Å². The minimum atomic E-state index is 0.798. The fraction of sp³-hybridized carbons (Fsp3) is 1.00. The van der Waals surface area contributed by atoms with Crippen molar-refractivity contribution in [1.82, 2.24) is 5.32 Å². The van der Waals surface area contributed by atoms with Gasteiger partial charge in [-0.1, -0.05) is 6.92 Å². The number of nitrogens with one attached hydrogen (secondary N) is 1. The summed E-state index contributed by atoms with van der Waals surface area (Å²) in [5, 5.41) is 3.20. The fourth-order valence-electron chi connectivity index (χ4n) is 1.77. The van der Waals surface area contributed by atoms with E-state index in [0.717, 1.165) is 31.6 Å². The molecule has 1 heterocycles. The Hall–Kier alpha value is -0.0800. The van der Waals surface area contributed by atoms with Crippen LogP contribution >= 0.6 is 0 Å². The summed E-state index contributed by atoms with van der Waals surface area (Å²) in [6, 6.07) is 0. The lowest BCUT2D eigenvalue weighted by Crippen LogP contribution is -2.19. The van der Waals surface area contributed by atoms with E-state index in [9.17, 15) is 0 Å². The van der Waals surface area contributed by atoms with Gasteiger partial charge in [-0.25, -0.2) is 0 Å². The summed E-state index contributed by atoms with van der Waals surface area (Å²) in [5.41, 5.74) is 0. The summed E-state index contributed by atoms with van der Waals surface area (Å²) in [5.74, 6) is 1.63. The van der Waals surface area contributed by atoms with Crippen molar-refractivity contribution >= 4 is 0 Å². The fourth-order valence-corrected chi connectivity index (χ4v) is 1.77. The van der Waals surface area contributed by atoms with Gasteiger partial charge in [-0.05, 0) is 38.3 Å². The molecule has 1 fully saturated rings. The van der Waals surface area contributed by atoms with Crippen LogP contribution in [0.5, 0.6) is 0 Å². The molecular formula is C9H19NO. The van der Waals surface area contributed by atoms with E-state index in [-0.39, 0.29) is 0 Å². The highest BCUT2D eigenvalue weighted by Gasteiger charge is 2.17. The smallest absolute Gasteiger partial charge is 0.0495 e. The van der Waals surface area contributed by atoms with Gasteiger partial charge in [0, 0.05) is 13.2 Å². The molecule has 0 aliphatic carbocycles. The average molecular weight is 157 g/mol. The van der Waals surface area contributed by atoms with E-state index in [0.29, 0.717) is 0 Å². The van der Waals surface area contributed by atoms with Crippen molar-refractivity contribution in [2.24, 2.45) is 11.8 Å². The van der Waals surface area contributed by atoms with Crippen LogP contribution < -0.4 is 5.32 Å². The first-order valence-electron chi connectivity index (χ1n) is 4.55. The highest BCUT2D eigenvalue weighted by Crippen LogP contribution is 2.20. The van der Waals surface area contributed by atoms with Gasteiger partial charge in [-0.3, -0.25) is 0 Å². The van der Waals surface area contributed by atoms with Gasteiger partial charge in [0.2, 0.25) is 0 Å². The molecule has 1 aliphatic heterocycles. The molecule has 0 amide bonds. The Morgan fingerprint density at radius 3 is 3.00 bits per heavy atom. The maximum atomic E-state index is 5.32. The molecule has 1 aliphatic rings. The molecule has 0 radical (unpaired) electrons. The van der Waals surface area contributed by atoms with Gasteiger partial charge in [0.05, 0.1) is 0 Å². The largest absolute Gasteiger partial charge is 0.381 e. The van der Waals surface area contributed by atoms with Crippen molar-refractivity contribution in [3.63, 3.8) is 0 Å². The van der Waals surface area contributed by atoms with E-state index in [1.807, 2.05) is 7.05 Å². The van der Waals surface area contributed by atoms with E-state index in [4.69, 9.17) is 4.74 Å². The molecule has 0 bridgehead atoms. The molecule has 2 unspecified atom stereocenters. The minimum Gasteiger partial charge on any atom is -0.381 e. The monoisotopic (exact) mass is 157 g/mol. The molecule has 66 valence electrons. The van der Waals surface area contributed by atoms with E-state index in [1.54, 1.807) is 0 Å². The number of hydrogen-bond acceptors (Lipinski definition) is 2. The SMILES string of the molecule is CNCC(C)CC1CCOC1. The predicted molar refractivity (Wildman–Crippen MR) is 46.6 cm³/mol. The first-order valence-corrected chi connectivity index (χ1v) is 4.55. The van der Waals surface area contributed by atoms with Crippen molar-refractivity contribution in [1.29, 1.82) is 0 Å². The summed E-state index contributed by atoms with van der Waals surface area (Å²) in [6.07, 6.45) is 2.59. The Kier molecular flexibility index (Phi) is 3.87. The van der Waals surface area contributed by atoms with Gasteiger partial charge in [0.25, 0.3) is 0 Å². The molecule has 2 atom stereocenters. The van der Waals surface area contributed by atoms with Crippen LogP contribution in [0.1, 0.15) is 19.8 Å². The van der Waals surface area contributed by atoms with Crippen LogP contribution in [0.4, 0.5) is 0 Å². The lowest BCUT2D eigenvalue weighted by molar-refractivity contribution is 0.180. The van der Waals surface area contributed by atoms with E-state index < -0.39 is 0 Å². The van der Waals surface area contributed by atoms with Gasteiger partial charge < -0.3 is 10.1 Å². The van der Waals surface area contributed by atoms with E-state index >= 15 is 0 Å². The summed E-state index contributed by atoms with van der Waals surface area (Å²) in [7, 11) is 2.02. The molecular weight excluding hydrogens is 138 g/mol. The number of rotatable bonds is 4. The zero-order chi connectivity index (χ0) is 8.10. The average Bonchev–Trinajstić information content (AvgIpc) is 2.40. The quantitative estimate of drug-likeness (QED) is 0.663. The lowest BCUT2D eigenvalue weighted by atomic mass is 9.95. The topological polar surface area (TPSA) is 21.3 Å². The first kappa shape index (κ1) is 9.01. The molecule has 0 saturated carbocycles. The van der Waals surface area contributed by atoms with Crippen LogP contribution in [-0.4, -0.2) is 26.8 Å². The van der Waals surface area contributed by atoms with Gasteiger partial charge in [-0.15, -0.1) is 0 Å². The Morgan fingerprint density at radius 1 is 1.64 bits per heavy atom. The molecule has 0 aromatic rings. The third kappa shape index (κ3) is 3.21. The first-order chi connectivity index (χ1) is 5.33. The third-order valence-electron chi connectivity index (χ3n) is 2.31. The third-order valence-corrected chi connectivity index (χ3v) is 2.31. The minimum absolute atomic E-state index is 0.798. The number of hydrogen-bond donors (Lipinski definition) is 1. The summed E-state index contributed by atoms with van der Waals surface area (Å²) in [4.78, 5) is 0. The molecule has 1 N–H and O–H groups in total. The molecule has 0 spiro atoms. The highest BCUT2D eigenvalue weighted by molar-refractivity contribution is 4.68. The zero-order valence-corrected chi connectivity index (χ0v) is 7.60. The van der Waals surface area contributed by atoms with Crippen LogP contribution in [-0.2, 0) is 4.74 Å². The second-order valence-corrected chi connectivity index (χ2v) is 3.63. The molecule has 0 aromatic heterocycles. The molecule has 11 heavy (non-hydrogen) atoms. The normalized spacial score (nSPS) is 27.3. The summed E-state index contributed by atoms with van der Waals surface area (Å²) >= 11 is 0. The van der Waals surface area contributed by atoms with Crippen LogP contribution in [0.15, 0.2) is 0 Å². The predicted octanol–water partition coefficient (Wildman–Crippen LogP) is 1.27. The standard InChI is InChI=1S/C9H19NO/c1-8(6-10-2)5-9-3-4-11-7-9/h8-10H,3-7H2,1-2H3. The summed E-state index contributed by atoms with van der Waals surface area (Å²) < 4.78 is 5.32. The Labute approximate surface area is 69.3 Å².